The first kappa shape index (κ1) is 25.6. The molecular weight excluding hydrogens is 465 g/mol. The van der Waals surface area contributed by atoms with Crippen LogP contribution in [0.25, 0.3) is 11.1 Å². The monoisotopic (exact) mass is 503 g/mol. The van der Waals surface area contributed by atoms with Gasteiger partial charge in [0.15, 0.2) is 5.82 Å². The first-order chi connectivity index (χ1) is 17.9. The Kier molecular flexibility index (Phi) is 7.72. The third-order valence-corrected chi connectivity index (χ3v) is 7.79. The fraction of sp³-hybridized carbons (Fsp3) is 0.467. The molecule has 6 nitrogen and oxygen atoms in total. The summed E-state index contributed by atoms with van der Waals surface area (Å²) in [4.78, 5) is 13.6. The van der Waals surface area contributed by atoms with Crippen molar-refractivity contribution in [3.63, 3.8) is 0 Å². The molecule has 5 rings (SSSR count). The summed E-state index contributed by atoms with van der Waals surface area (Å²) in [6.07, 6.45) is 8.68. The zero-order chi connectivity index (χ0) is 25.8. The van der Waals surface area contributed by atoms with Crippen molar-refractivity contribution in [1.29, 1.82) is 0 Å². The van der Waals surface area contributed by atoms with Crippen LogP contribution in [0.1, 0.15) is 57.4 Å². The standard InChI is InChI=1S/C30H38FN5O/c1-22(2)24-8-4-5-9-25(24)26-18-23(31)10-11-27(26)34-28-19-32-21-33-29(28)36-16-14-35(15-17-36)20-30(37)12-6-3-7-13-30/h4-5,8-11,18-19,21-22,34,37H,3,6-7,12-17,20H2,1-2H3. The molecule has 1 saturated carbocycles. The normalized spacial score (nSPS) is 18.2. The zero-order valence-corrected chi connectivity index (χ0v) is 22.0. The largest absolute Gasteiger partial charge is 0.389 e. The van der Waals surface area contributed by atoms with Crippen molar-refractivity contribution >= 4 is 17.2 Å². The SMILES string of the molecule is CC(C)c1ccccc1-c1cc(F)ccc1Nc1cncnc1N1CCN(CC2(O)CCCCC2)CC1. The van der Waals surface area contributed by atoms with Gasteiger partial charge < -0.3 is 15.3 Å². The second-order valence-electron chi connectivity index (χ2n) is 10.9. The second-order valence-corrected chi connectivity index (χ2v) is 10.9. The van der Waals surface area contributed by atoms with Crippen LogP contribution in [0.5, 0.6) is 0 Å². The Balaban J connectivity index is 1.35. The predicted octanol–water partition coefficient (Wildman–Crippen LogP) is 5.97. The van der Waals surface area contributed by atoms with Crippen LogP contribution in [0.15, 0.2) is 55.0 Å². The van der Waals surface area contributed by atoms with Crippen LogP contribution in [0, 0.1) is 5.82 Å². The van der Waals surface area contributed by atoms with E-state index in [1.54, 1.807) is 24.7 Å². The highest BCUT2D eigenvalue weighted by Gasteiger charge is 2.32. The van der Waals surface area contributed by atoms with Gasteiger partial charge in [0.05, 0.1) is 11.8 Å². The van der Waals surface area contributed by atoms with Crippen molar-refractivity contribution in [1.82, 2.24) is 14.9 Å². The molecule has 7 heteroatoms. The zero-order valence-electron chi connectivity index (χ0n) is 22.0. The lowest BCUT2D eigenvalue weighted by molar-refractivity contribution is -0.0271. The van der Waals surface area contributed by atoms with E-state index in [4.69, 9.17) is 0 Å². The highest BCUT2D eigenvalue weighted by Crippen LogP contribution is 2.37. The Morgan fingerprint density at radius 3 is 2.49 bits per heavy atom. The summed E-state index contributed by atoms with van der Waals surface area (Å²) < 4.78 is 14.4. The number of benzene rings is 2. The van der Waals surface area contributed by atoms with Crippen molar-refractivity contribution in [2.45, 2.75) is 57.5 Å². The topological polar surface area (TPSA) is 64.5 Å². The van der Waals surface area contributed by atoms with Crippen molar-refractivity contribution < 1.29 is 9.50 Å². The molecule has 0 unspecified atom stereocenters. The number of hydrogen-bond donors (Lipinski definition) is 2. The Morgan fingerprint density at radius 1 is 0.973 bits per heavy atom. The van der Waals surface area contributed by atoms with E-state index in [0.717, 1.165) is 86.7 Å². The molecule has 1 aliphatic carbocycles. The van der Waals surface area contributed by atoms with Gasteiger partial charge in [0, 0.05) is 44.0 Å². The molecule has 0 radical (unpaired) electrons. The minimum atomic E-state index is -0.534. The Bertz CT molecular complexity index is 1200. The molecule has 1 aromatic heterocycles. The highest BCUT2D eigenvalue weighted by molar-refractivity contribution is 5.85. The molecule has 0 atom stereocenters. The number of piperazine rings is 1. The first-order valence-electron chi connectivity index (χ1n) is 13.6. The summed E-state index contributed by atoms with van der Waals surface area (Å²) >= 11 is 0. The van der Waals surface area contributed by atoms with Gasteiger partial charge in [0.2, 0.25) is 0 Å². The Hall–Kier alpha value is -3.03. The fourth-order valence-electron chi connectivity index (χ4n) is 5.80. The van der Waals surface area contributed by atoms with Crippen LogP contribution in [0.4, 0.5) is 21.6 Å². The lowest BCUT2D eigenvalue weighted by Gasteiger charge is -2.41. The molecule has 37 heavy (non-hydrogen) atoms. The maximum absolute atomic E-state index is 14.4. The molecule has 1 aliphatic heterocycles. The van der Waals surface area contributed by atoms with Crippen LogP contribution < -0.4 is 10.2 Å². The van der Waals surface area contributed by atoms with Crippen LogP contribution >= 0.6 is 0 Å². The van der Waals surface area contributed by atoms with E-state index in [9.17, 15) is 9.50 Å². The van der Waals surface area contributed by atoms with E-state index >= 15 is 0 Å². The van der Waals surface area contributed by atoms with Crippen LogP contribution in [0.3, 0.4) is 0 Å². The summed E-state index contributed by atoms with van der Waals surface area (Å²) in [6.45, 7) is 8.48. The average molecular weight is 504 g/mol. The van der Waals surface area contributed by atoms with E-state index in [-0.39, 0.29) is 5.82 Å². The summed E-state index contributed by atoms with van der Waals surface area (Å²) in [5, 5.41) is 14.5. The lowest BCUT2D eigenvalue weighted by atomic mass is 9.84. The third kappa shape index (κ3) is 5.94. The predicted molar refractivity (Wildman–Crippen MR) is 148 cm³/mol. The van der Waals surface area contributed by atoms with Crippen molar-refractivity contribution in [3.05, 3.63) is 66.4 Å². The highest BCUT2D eigenvalue weighted by atomic mass is 19.1. The number of β-amino-alcohol motifs (C(OH)–C–C–N with tert-alkyl or cyclic N) is 1. The summed E-state index contributed by atoms with van der Waals surface area (Å²) in [6, 6.07) is 13.1. The van der Waals surface area contributed by atoms with E-state index in [2.05, 4.69) is 51.1 Å². The van der Waals surface area contributed by atoms with Gasteiger partial charge in [-0.3, -0.25) is 4.90 Å². The number of nitrogens with zero attached hydrogens (tertiary/aromatic N) is 4. The minimum Gasteiger partial charge on any atom is -0.389 e. The summed E-state index contributed by atoms with van der Waals surface area (Å²) in [7, 11) is 0. The molecule has 0 bridgehead atoms. The maximum Gasteiger partial charge on any atom is 0.155 e. The molecule has 2 N–H and O–H groups in total. The molecule has 0 amide bonds. The van der Waals surface area contributed by atoms with Gasteiger partial charge in [-0.1, -0.05) is 57.4 Å². The molecular formula is C30H38FN5O. The number of halogens is 1. The average Bonchev–Trinajstić information content (AvgIpc) is 2.91. The summed E-state index contributed by atoms with van der Waals surface area (Å²) in [5.74, 6) is 0.892. The minimum absolute atomic E-state index is 0.264. The van der Waals surface area contributed by atoms with Gasteiger partial charge in [-0.05, 0) is 48.1 Å². The van der Waals surface area contributed by atoms with E-state index in [1.807, 2.05) is 12.1 Å². The van der Waals surface area contributed by atoms with Gasteiger partial charge in [-0.2, -0.15) is 0 Å². The first-order valence-corrected chi connectivity index (χ1v) is 13.6. The molecule has 2 heterocycles. The number of aliphatic hydroxyl groups is 1. The Morgan fingerprint density at radius 2 is 1.73 bits per heavy atom. The number of anilines is 3. The fourth-order valence-corrected chi connectivity index (χ4v) is 5.80. The van der Waals surface area contributed by atoms with E-state index in [1.165, 1.54) is 18.1 Å². The second kappa shape index (κ2) is 11.2. The number of aromatic nitrogens is 2. The summed E-state index contributed by atoms with van der Waals surface area (Å²) in [5.41, 5.74) is 4.11. The van der Waals surface area contributed by atoms with Crippen molar-refractivity contribution in [2.75, 3.05) is 42.9 Å². The van der Waals surface area contributed by atoms with Crippen LogP contribution in [-0.2, 0) is 0 Å². The Labute approximate surface area is 219 Å². The molecule has 196 valence electrons. The van der Waals surface area contributed by atoms with E-state index in [0.29, 0.717) is 5.92 Å². The molecule has 2 aliphatic rings. The van der Waals surface area contributed by atoms with Gasteiger partial charge >= 0.3 is 0 Å². The number of hydrogen-bond acceptors (Lipinski definition) is 6. The van der Waals surface area contributed by atoms with Crippen molar-refractivity contribution in [2.24, 2.45) is 0 Å². The van der Waals surface area contributed by atoms with Gasteiger partial charge in [0.1, 0.15) is 17.8 Å². The lowest BCUT2D eigenvalue weighted by Crippen LogP contribution is -2.52. The number of rotatable bonds is 7. The van der Waals surface area contributed by atoms with Gasteiger partial charge in [-0.25, -0.2) is 14.4 Å². The van der Waals surface area contributed by atoms with Crippen LogP contribution in [-0.4, -0.2) is 58.3 Å². The van der Waals surface area contributed by atoms with Gasteiger partial charge in [-0.15, -0.1) is 0 Å². The van der Waals surface area contributed by atoms with E-state index < -0.39 is 5.60 Å². The quantitative estimate of drug-likeness (QED) is 0.414. The molecule has 0 spiro atoms. The molecule has 3 aromatic rings. The van der Waals surface area contributed by atoms with Gasteiger partial charge in [0.25, 0.3) is 0 Å². The molecule has 2 aromatic carbocycles. The maximum atomic E-state index is 14.4. The smallest absolute Gasteiger partial charge is 0.155 e. The molecule has 2 fully saturated rings. The molecule has 1 saturated heterocycles. The van der Waals surface area contributed by atoms with Crippen molar-refractivity contribution in [3.8, 4) is 11.1 Å². The number of nitrogens with one attached hydrogen (secondary N) is 1. The van der Waals surface area contributed by atoms with Crippen LogP contribution in [0.2, 0.25) is 0 Å². The third-order valence-electron chi connectivity index (χ3n) is 7.79.